The molecular weight excluding hydrogens is 248 g/mol. The molecule has 2 heterocycles. The Hall–Kier alpha value is -2.63. The van der Waals surface area contributed by atoms with Crippen molar-refractivity contribution in [2.45, 2.75) is 13.0 Å². The second-order valence-corrected chi connectivity index (χ2v) is 3.92. The largest absolute Gasteiger partial charge is 0.478 e. The number of nitrogens with zero attached hydrogens (tertiary/aromatic N) is 1. The summed E-state index contributed by atoms with van der Waals surface area (Å²) in [5.41, 5.74) is -0.250. The number of aromatic nitrogens is 1. The molecule has 19 heavy (non-hydrogen) atoms. The van der Waals surface area contributed by atoms with Crippen LogP contribution in [0.3, 0.4) is 0 Å². The normalized spacial score (nSPS) is 11.8. The van der Waals surface area contributed by atoms with Gasteiger partial charge in [-0.05, 0) is 31.2 Å². The van der Waals surface area contributed by atoms with Crippen LogP contribution < -0.4 is 5.32 Å². The highest BCUT2D eigenvalue weighted by Crippen LogP contribution is 2.14. The minimum Gasteiger partial charge on any atom is -0.478 e. The lowest BCUT2D eigenvalue weighted by Gasteiger charge is -2.11. The zero-order valence-corrected chi connectivity index (χ0v) is 10.2. The molecule has 0 saturated carbocycles. The van der Waals surface area contributed by atoms with Crippen LogP contribution in [0.5, 0.6) is 0 Å². The van der Waals surface area contributed by atoms with Gasteiger partial charge in [-0.3, -0.25) is 9.78 Å². The molecule has 0 saturated heterocycles. The molecule has 0 aliphatic rings. The zero-order chi connectivity index (χ0) is 13.8. The van der Waals surface area contributed by atoms with Crippen LogP contribution in [0.25, 0.3) is 0 Å². The average molecular weight is 260 g/mol. The number of hydrogen-bond acceptors (Lipinski definition) is 4. The first kappa shape index (κ1) is 12.8. The first-order valence-corrected chi connectivity index (χ1v) is 5.62. The molecule has 0 aromatic carbocycles. The Morgan fingerprint density at radius 1 is 1.37 bits per heavy atom. The standard InChI is InChI=1S/C13H12N2O4/c1-8(10-5-3-7-19-10)15-12(16)11-9(13(17)18)4-2-6-14-11/h2-8H,1H3,(H,15,16)(H,17,18)/t8-/m1/s1. The molecule has 2 aromatic rings. The molecule has 6 heteroatoms. The monoisotopic (exact) mass is 260 g/mol. The topological polar surface area (TPSA) is 92.4 Å². The van der Waals surface area contributed by atoms with Gasteiger partial charge in [-0.2, -0.15) is 0 Å². The molecule has 6 nitrogen and oxygen atoms in total. The van der Waals surface area contributed by atoms with E-state index >= 15 is 0 Å². The number of amides is 1. The number of pyridine rings is 1. The van der Waals surface area contributed by atoms with Crippen LogP contribution in [-0.4, -0.2) is 22.0 Å². The van der Waals surface area contributed by atoms with Gasteiger partial charge in [0.15, 0.2) is 0 Å². The molecule has 0 radical (unpaired) electrons. The average Bonchev–Trinajstić information content (AvgIpc) is 2.92. The Morgan fingerprint density at radius 3 is 2.79 bits per heavy atom. The van der Waals surface area contributed by atoms with Crippen LogP contribution in [0.4, 0.5) is 0 Å². The Morgan fingerprint density at radius 2 is 2.16 bits per heavy atom. The summed E-state index contributed by atoms with van der Waals surface area (Å²) < 4.78 is 5.16. The van der Waals surface area contributed by atoms with Gasteiger partial charge < -0.3 is 14.8 Å². The highest BCUT2D eigenvalue weighted by atomic mass is 16.4. The summed E-state index contributed by atoms with van der Waals surface area (Å²) in [6.07, 6.45) is 2.88. The van der Waals surface area contributed by atoms with Gasteiger partial charge in [0.1, 0.15) is 11.5 Å². The zero-order valence-electron chi connectivity index (χ0n) is 10.2. The van der Waals surface area contributed by atoms with Crippen LogP contribution in [-0.2, 0) is 0 Å². The van der Waals surface area contributed by atoms with E-state index in [1.807, 2.05) is 0 Å². The second-order valence-electron chi connectivity index (χ2n) is 3.92. The summed E-state index contributed by atoms with van der Waals surface area (Å²) in [5.74, 6) is -1.16. The second kappa shape index (κ2) is 5.34. The molecule has 1 amide bonds. The van der Waals surface area contributed by atoms with E-state index in [4.69, 9.17) is 9.52 Å². The summed E-state index contributed by atoms with van der Waals surface area (Å²) in [7, 11) is 0. The van der Waals surface area contributed by atoms with Gasteiger partial charge in [-0.1, -0.05) is 0 Å². The van der Waals surface area contributed by atoms with Crippen molar-refractivity contribution >= 4 is 11.9 Å². The van der Waals surface area contributed by atoms with Crippen LogP contribution in [0, 0.1) is 0 Å². The summed E-state index contributed by atoms with van der Waals surface area (Å²) in [6.45, 7) is 1.74. The van der Waals surface area contributed by atoms with Crippen molar-refractivity contribution in [2.24, 2.45) is 0 Å². The fourth-order valence-electron chi connectivity index (χ4n) is 1.63. The van der Waals surface area contributed by atoms with E-state index in [9.17, 15) is 9.59 Å². The number of carbonyl (C=O) groups is 2. The molecular formula is C13H12N2O4. The van der Waals surface area contributed by atoms with Gasteiger partial charge in [0, 0.05) is 6.20 Å². The molecule has 0 aliphatic heterocycles. The minimum atomic E-state index is -1.19. The molecule has 0 spiro atoms. The van der Waals surface area contributed by atoms with Gasteiger partial charge in [0.2, 0.25) is 0 Å². The van der Waals surface area contributed by atoms with Crippen LogP contribution in [0.1, 0.15) is 39.6 Å². The van der Waals surface area contributed by atoms with Crippen LogP contribution in [0.15, 0.2) is 41.1 Å². The van der Waals surface area contributed by atoms with Crippen molar-refractivity contribution in [3.8, 4) is 0 Å². The summed E-state index contributed by atoms with van der Waals surface area (Å²) in [4.78, 5) is 26.8. The summed E-state index contributed by atoms with van der Waals surface area (Å²) in [5, 5.41) is 11.6. The van der Waals surface area contributed by atoms with Crippen molar-refractivity contribution in [1.29, 1.82) is 0 Å². The molecule has 98 valence electrons. The van der Waals surface area contributed by atoms with Gasteiger partial charge in [0.25, 0.3) is 5.91 Å². The van der Waals surface area contributed by atoms with Crippen molar-refractivity contribution in [3.63, 3.8) is 0 Å². The molecule has 0 bridgehead atoms. The van der Waals surface area contributed by atoms with Crippen molar-refractivity contribution < 1.29 is 19.1 Å². The molecule has 0 fully saturated rings. The number of carboxylic acids is 1. The van der Waals surface area contributed by atoms with Gasteiger partial charge in [-0.15, -0.1) is 0 Å². The maximum Gasteiger partial charge on any atom is 0.338 e. The first-order valence-electron chi connectivity index (χ1n) is 5.62. The fourth-order valence-corrected chi connectivity index (χ4v) is 1.63. The number of rotatable bonds is 4. The molecule has 2 aromatic heterocycles. The fraction of sp³-hybridized carbons (Fsp3) is 0.154. The number of nitrogens with one attached hydrogen (secondary N) is 1. The third kappa shape index (κ3) is 2.79. The van der Waals surface area contributed by atoms with Crippen LogP contribution in [0.2, 0.25) is 0 Å². The maximum absolute atomic E-state index is 12.0. The van der Waals surface area contributed by atoms with Gasteiger partial charge in [-0.25, -0.2) is 4.79 Å². The molecule has 1 atom stereocenters. The number of furan rings is 1. The molecule has 0 unspecified atom stereocenters. The lowest BCUT2D eigenvalue weighted by molar-refractivity contribution is 0.0689. The summed E-state index contributed by atoms with van der Waals surface area (Å²) in [6, 6.07) is 5.87. The quantitative estimate of drug-likeness (QED) is 0.875. The van der Waals surface area contributed by atoms with Crippen molar-refractivity contribution in [2.75, 3.05) is 0 Å². The lowest BCUT2D eigenvalue weighted by atomic mass is 10.1. The highest BCUT2D eigenvalue weighted by molar-refractivity contribution is 6.03. The van der Waals surface area contributed by atoms with E-state index in [0.717, 1.165) is 0 Å². The van der Waals surface area contributed by atoms with Crippen molar-refractivity contribution in [1.82, 2.24) is 10.3 Å². The van der Waals surface area contributed by atoms with E-state index in [-0.39, 0.29) is 17.3 Å². The van der Waals surface area contributed by atoms with E-state index in [2.05, 4.69) is 10.3 Å². The lowest BCUT2D eigenvalue weighted by Crippen LogP contribution is -2.28. The first-order chi connectivity index (χ1) is 9.09. The van der Waals surface area contributed by atoms with E-state index in [0.29, 0.717) is 5.76 Å². The molecule has 2 rings (SSSR count). The number of hydrogen-bond donors (Lipinski definition) is 2. The molecule has 2 N–H and O–H groups in total. The van der Waals surface area contributed by atoms with E-state index in [1.165, 1.54) is 24.6 Å². The maximum atomic E-state index is 12.0. The Kier molecular flexibility index (Phi) is 3.61. The number of carbonyl (C=O) groups excluding carboxylic acids is 1. The minimum absolute atomic E-state index is 0.117. The number of carboxylic acid groups (broad SMARTS) is 1. The smallest absolute Gasteiger partial charge is 0.338 e. The third-order valence-electron chi connectivity index (χ3n) is 2.57. The van der Waals surface area contributed by atoms with Gasteiger partial charge >= 0.3 is 5.97 Å². The Labute approximate surface area is 109 Å². The predicted molar refractivity (Wildman–Crippen MR) is 65.8 cm³/mol. The Bertz CT molecular complexity index is 592. The van der Waals surface area contributed by atoms with Crippen LogP contribution >= 0.6 is 0 Å². The number of aromatic carboxylic acids is 1. The van der Waals surface area contributed by atoms with E-state index < -0.39 is 11.9 Å². The van der Waals surface area contributed by atoms with Crippen molar-refractivity contribution in [3.05, 3.63) is 53.7 Å². The predicted octanol–water partition coefficient (Wildman–Crippen LogP) is 1.86. The van der Waals surface area contributed by atoms with Gasteiger partial charge in [0.05, 0.1) is 17.9 Å². The summed E-state index contributed by atoms with van der Waals surface area (Å²) >= 11 is 0. The SMILES string of the molecule is C[C@@H](NC(=O)c1ncccc1C(=O)O)c1ccco1. The van der Waals surface area contributed by atoms with E-state index in [1.54, 1.807) is 19.1 Å². The Balaban J connectivity index is 2.19. The third-order valence-corrected chi connectivity index (χ3v) is 2.57. The highest BCUT2D eigenvalue weighted by Gasteiger charge is 2.20. The molecule has 0 aliphatic carbocycles.